The van der Waals surface area contributed by atoms with Crippen LogP contribution in [0.3, 0.4) is 0 Å². The Labute approximate surface area is 178 Å². The van der Waals surface area contributed by atoms with Crippen molar-refractivity contribution in [2.45, 2.75) is 6.61 Å². The van der Waals surface area contributed by atoms with Crippen molar-refractivity contribution in [3.05, 3.63) is 69.9 Å². The minimum absolute atomic E-state index is 0.290. The van der Waals surface area contributed by atoms with Gasteiger partial charge >= 0.3 is 5.97 Å². The number of esters is 1. The van der Waals surface area contributed by atoms with Crippen molar-refractivity contribution in [1.29, 1.82) is 0 Å². The highest BCUT2D eigenvalue weighted by atomic mass is 32.1. The van der Waals surface area contributed by atoms with Crippen LogP contribution in [0.5, 0.6) is 17.2 Å². The molecule has 0 saturated heterocycles. The summed E-state index contributed by atoms with van der Waals surface area (Å²) in [7, 11) is 4.26. The summed E-state index contributed by atoms with van der Waals surface area (Å²) in [5.74, 6) is 0.166. The van der Waals surface area contributed by atoms with E-state index in [1.165, 1.54) is 32.7 Å². The predicted octanol–water partition coefficient (Wildman–Crippen LogP) is 4.38. The molecule has 8 heteroatoms. The number of rotatable bonds is 8. The molecule has 0 atom stereocenters. The lowest BCUT2D eigenvalue weighted by Crippen LogP contribution is -2.14. The highest BCUT2D eigenvalue weighted by Gasteiger charge is 2.20. The second-order valence-electron chi connectivity index (χ2n) is 6.09. The lowest BCUT2D eigenvalue weighted by Gasteiger charge is -2.16. The first-order valence-corrected chi connectivity index (χ1v) is 9.85. The number of hydrogen-bond donors (Lipinski definition) is 1. The molecule has 0 saturated carbocycles. The van der Waals surface area contributed by atoms with Crippen LogP contribution in [0.15, 0.2) is 53.9 Å². The zero-order chi connectivity index (χ0) is 21.5. The Kier molecular flexibility index (Phi) is 6.92. The van der Waals surface area contributed by atoms with Crippen LogP contribution in [0.1, 0.15) is 25.6 Å². The molecule has 3 aromatic rings. The molecule has 0 aliphatic carbocycles. The van der Waals surface area contributed by atoms with Crippen LogP contribution in [0.4, 0.5) is 5.69 Å². The maximum absolute atomic E-state index is 12.8. The van der Waals surface area contributed by atoms with Gasteiger partial charge in [-0.2, -0.15) is 0 Å². The number of ether oxygens (including phenoxy) is 4. The molecule has 7 nitrogen and oxygen atoms in total. The lowest BCUT2D eigenvalue weighted by atomic mass is 10.1. The first-order chi connectivity index (χ1) is 14.6. The van der Waals surface area contributed by atoms with E-state index in [0.29, 0.717) is 34.4 Å². The molecule has 2 aromatic carbocycles. The van der Waals surface area contributed by atoms with Crippen LogP contribution < -0.4 is 19.5 Å². The number of anilines is 1. The summed E-state index contributed by atoms with van der Waals surface area (Å²) in [5, 5.41) is 4.42. The third-order valence-electron chi connectivity index (χ3n) is 4.23. The Balaban J connectivity index is 1.84. The monoisotopic (exact) mass is 427 g/mol. The molecule has 3 rings (SSSR count). The number of carbonyl (C=O) groups is 2. The van der Waals surface area contributed by atoms with E-state index < -0.39 is 11.9 Å². The van der Waals surface area contributed by atoms with E-state index in [2.05, 4.69) is 5.32 Å². The van der Waals surface area contributed by atoms with Crippen LogP contribution in [-0.2, 0) is 11.3 Å². The van der Waals surface area contributed by atoms with E-state index >= 15 is 0 Å². The Morgan fingerprint density at radius 2 is 1.63 bits per heavy atom. The summed E-state index contributed by atoms with van der Waals surface area (Å²) >= 11 is 1.18. The van der Waals surface area contributed by atoms with Crippen molar-refractivity contribution in [3.8, 4) is 17.2 Å². The molecular weight excluding hydrogens is 406 g/mol. The molecule has 1 amide bonds. The van der Waals surface area contributed by atoms with Crippen molar-refractivity contribution in [3.63, 3.8) is 0 Å². The van der Waals surface area contributed by atoms with E-state index in [1.807, 2.05) is 30.3 Å². The fourth-order valence-corrected chi connectivity index (χ4v) is 3.50. The molecule has 0 fully saturated rings. The summed E-state index contributed by atoms with van der Waals surface area (Å²) in [4.78, 5) is 24.9. The molecule has 1 N–H and O–H groups in total. The van der Waals surface area contributed by atoms with Gasteiger partial charge in [-0.25, -0.2) is 4.79 Å². The van der Waals surface area contributed by atoms with Gasteiger partial charge in [0.2, 0.25) is 5.75 Å². The molecule has 0 aliphatic rings. The summed E-state index contributed by atoms with van der Waals surface area (Å²) in [6.45, 7) is 0.316. The Bertz CT molecular complexity index is 1010. The average molecular weight is 427 g/mol. The highest BCUT2D eigenvalue weighted by molar-refractivity contribution is 7.12. The quantitative estimate of drug-likeness (QED) is 0.537. The van der Waals surface area contributed by atoms with Gasteiger partial charge in [-0.05, 0) is 29.1 Å². The Morgan fingerprint density at radius 1 is 0.967 bits per heavy atom. The van der Waals surface area contributed by atoms with Crippen LogP contribution >= 0.6 is 11.3 Å². The first-order valence-electron chi connectivity index (χ1n) is 8.97. The Morgan fingerprint density at radius 3 is 2.23 bits per heavy atom. The van der Waals surface area contributed by atoms with E-state index in [0.717, 1.165) is 5.56 Å². The number of benzene rings is 2. The van der Waals surface area contributed by atoms with Crippen LogP contribution in [0.2, 0.25) is 0 Å². The summed E-state index contributed by atoms with van der Waals surface area (Å²) in [5.41, 5.74) is 1.65. The van der Waals surface area contributed by atoms with Gasteiger partial charge < -0.3 is 24.3 Å². The molecular formula is C22H21NO6S. The number of thiophene rings is 1. The maximum atomic E-state index is 12.8. The molecule has 0 bridgehead atoms. The average Bonchev–Trinajstić information content (AvgIpc) is 3.25. The summed E-state index contributed by atoms with van der Waals surface area (Å²) in [6, 6.07) is 14.4. The smallest absolute Gasteiger partial charge is 0.350 e. The minimum Gasteiger partial charge on any atom is -0.493 e. The zero-order valence-electron chi connectivity index (χ0n) is 16.8. The van der Waals surface area contributed by atoms with E-state index in [4.69, 9.17) is 18.9 Å². The second-order valence-corrected chi connectivity index (χ2v) is 7.01. The van der Waals surface area contributed by atoms with Crippen molar-refractivity contribution in [2.75, 3.05) is 26.6 Å². The number of amides is 1. The fraction of sp³-hybridized carbons (Fsp3) is 0.182. The molecule has 0 radical (unpaired) electrons. The van der Waals surface area contributed by atoms with Crippen molar-refractivity contribution in [1.82, 2.24) is 0 Å². The van der Waals surface area contributed by atoms with Crippen LogP contribution in [-0.4, -0.2) is 33.2 Å². The largest absolute Gasteiger partial charge is 0.493 e. The van der Waals surface area contributed by atoms with Crippen LogP contribution in [0.25, 0.3) is 0 Å². The molecule has 1 aromatic heterocycles. The highest BCUT2D eigenvalue weighted by Crippen LogP contribution is 2.39. The van der Waals surface area contributed by atoms with Crippen molar-refractivity contribution < 1.29 is 28.5 Å². The number of methoxy groups -OCH3 is 3. The van der Waals surface area contributed by atoms with Crippen molar-refractivity contribution >= 4 is 28.9 Å². The van der Waals surface area contributed by atoms with Crippen molar-refractivity contribution in [2.24, 2.45) is 0 Å². The third kappa shape index (κ3) is 4.72. The van der Waals surface area contributed by atoms with Crippen LogP contribution in [0, 0.1) is 0 Å². The van der Waals surface area contributed by atoms with Gasteiger partial charge in [0.25, 0.3) is 5.91 Å². The lowest BCUT2D eigenvalue weighted by molar-refractivity contribution is 0.0607. The van der Waals surface area contributed by atoms with E-state index in [9.17, 15) is 9.59 Å². The number of hydrogen-bond acceptors (Lipinski definition) is 7. The fourth-order valence-electron chi connectivity index (χ4n) is 2.74. The second kappa shape index (κ2) is 9.80. The van der Waals surface area contributed by atoms with Gasteiger partial charge in [0.05, 0.1) is 27.0 Å². The Hall–Kier alpha value is -3.52. The third-order valence-corrected chi connectivity index (χ3v) is 5.13. The van der Waals surface area contributed by atoms with Gasteiger partial charge in [-0.1, -0.05) is 30.3 Å². The SMILES string of the molecule is COC(=O)c1sccc1NC(=O)c1cc(OC)c(OCc2ccccc2)c(OC)c1. The molecule has 1 heterocycles. The van der Waals surface area contributed by atoms with Gasteiger partial charge in [-0.3, -0.25) is 4.79 Å². The van der Waals surface area contributed by atoms with Gasteiger partial charge in [-0.15, -0.1) is 11.3 Å². The summed E-state index contributed by atoms with van der Waals surface area (Å²) < 4.78 is 21.5. The molecule has 0 aliphatic heterocycles. The predicted molar refractivity (Wildman–Crippen MR) is 114 cm³/mol. The molecule has 0 spiro atoms. The van der Waals surface area contributed by atoms with Gasteiger partial charge in [0, 0.05) is 5.56 Å². The molecule has 156 valence electrons. The molecule has 0 unspecified atom stereocenters. The maximum Gasteiger partial charge on any atom is 0.350 e. The van der Waals surface area contributed by atoms with E-state index in [1.54, 1.807) is 23.6 Å². The van der Waals surface area contributed by atoms with Gasteiger partial charge in [0.1, 0.15) is 11.5 Å². The zero-order valence-corrected chi connectivity index (χ0v) is 17.6. The minimum atomic E-state index is -0.514. The van der Waals surface area contributed by atoms with E-state index in [-0.39, 0.29) is 5.56 Å². The number of nitrogens with one attached hydrogen (secondary N) is 1. The topological polar surface area (TPSA) is 83.1 Å². The number of carbonyl (C=O) groups excluding carboxylic acids is 2. The van der Waals surface area contributed by atoms with Gasteiger partial charge in [0.15, 0.2) is 11.5 Å². The first kappa shape index (κ1) is 21.2. The summed E-state index contributed by atoms with van der Waals surface area (Å²) in [6.07, 6.45) is 0. The standard InChI is InChI=1S/C22H21NO6S/c1-26-17-11-15(21(24)23-16-9-10-30-20(16)22(25)28-3)12-18(27-2)19(17)29-13-14-7-5-4-6-8-14/h4-12H,13H2,1-3H3,(H,23,24). The molecule has 30 heavy (non-hydrogen) atoms. The normalized spacial score (nSPS) is 10.2.